The van der Waals surface area contributed by atoms with Crippen molar-refractivity contribution < 1.29 is 4.74 Å². The summed E-state index contributed by atoms with van der Waals surface area (Å²) in [6.07, 6.45) is 6.41. The maximum atomic E-state index is 5.19. The van der Waals surface area contributed by atoms with Crippen LogP contribution in [-0.4, -0.2) is 22.9 Å². The lowest BCUT2D eigenvalue weighted by Gasteiger charge is -2.16. The average Bonchev–Trinajstić information content (AvgIpc) is 2.89. The van der Waals surface area contributed by atoms with Gasteiger partial charge in [0.25, 0.3) is 0 Å². The minimum Gasteiger partial charge on any atom is -0.497 e. The Labute approximate surface area is 129 Å². The molecule has 0 spiro atoms. The number of aromatic nitrogens is 2. The molecule has 5 heteroatoms. The van der Waals surface area contributed by atoms with Gasteiger partial charge in [-0.2, -0.15) is 5.10 Å². The first-order chi connectivity index (χ1) is 10.3. The standard InChI is InChI=1S/C16H21N3OS/c1-19-16(17-13-6-4-3-5-7-13)21-15(18-19)12-8-10-14(20-2)11-9-12/h8-11,13H,3-7H2,1-2H3/b17-16-. The Morgan fingerprint density at radius 2 is 1.90 bits per heavy atom. The summed E-state index contributed by atoms with van der Waals surface area (Å²) in [5.74, 6) is 0.867. The lowest BCUT2D eigenvalue weighted by Crippen LogP contribution is -2.18. The second-order valence-corrected chi connectivity index (χ2v) is 6.42. The van der Waals surface area contributed by atoms with Crippen molar-refractivity contribution in [2.24, 2.45) is 12.0 Å². The van der Waals surface area contributed by atoms with E-state index in [0.717, 1.165) is 21.1 Å². The summed E-state index contributed by atoms with van der Waals surface area (Å²) in [6, 6.07) is 8.50. The fraction of sp³-hybridized carbons (Fsp3) is 0.500. The van der Waals surface area contributed by atoms with Gasteiger partial charge < -0.3 is 4.74 Å². The van der Waals surface area contributed by atoms with Crippen LogP contribution >= 0.6 is 11.3 Å². The van der Waals surface area contributed by atoms with Crippen LogP contribution in [0.5, 0.6) is 5.75 Å². The summed E-state index contributed by atoms with van der Waals surface area (Å²) in [5.41, 5.74) is 1.11. The highest BCUT2D eigenvalue weighted by Gasteiger charge is 2.13. The molecule has 0 unspecified atom stereocenters. The Kier molecular flexibility index (Phi) is 4.39. The van der Waals surface area contributed by atoms with E-state index in [0.29, 0.717) is 6.04 Å². The predicted octanol–water partition coefficient (Wildman–Crippen LogP) is 3.39. The molecule has 0 aliphatic heterocycles. The molecule has 1 fully saturated rings. The van der Waals surface area contributed by atoms with Crippen molar-refractivity contribution in [3.8, 4) is 16.3 Å². The summed E-state index contributed by atoms with van der Waals surface area (Å²) in [6.45, 7) is 0. The number of benzene rings is 1. The maximum absolute atomic E-state index is 5.19. The van der Waals surface area contributed by atoms with E-state index in [1.807, 2.05) is 36.0 Å². The van der Waals surface area contributed by atoms with Crippen molar-refractivity contribution >= 4 is 11.3 Å². The van der Waals surface area contributed by atoms with E-state index in [1.54, 1.807) is 18.4 Å². The van der Waals surface area contributed by atoms with Crippen LogP contribution in [0.1, 0.15) is 32.1 Å². The van der Waals surface area contributed by atoms with Crippen LogP contribution in [0.25, 0.3) is 10.6 Å². The molecule has 1 aromatic heterocycles. The van der Waals surface area contributed by atoms with Gasteiger partial charge in [0.2, 0.25) is 4.80 Å². The first-order valence-electron chi connectivity index (χ1n) is 7.48. The van der Waals surface area contributed by atoms with Crippen molar-refractivity contribution in [2.75, 3.05) is 7.11 Å². The molecule has 0 amide bonds. The van der Waals surface area contributed by atoms with Gasteiger partial charge in [0.05, 0.1) is 13.2 Å². The molecule has 1 aromatic carbocycles. The summed E-state index contributed by atoms with van der Waals surface area (Å²) >= 11 is 1.66. The highest BCUT2D eigenvalue weighted by atomic mass is 32.1. The van der Waals surface area contributed by atoms with Crippen molar-refractivity contribution in [1.82, 2.24) is 9.78 Å². The van der Waals surface area contributed by atoms with Crippen LogP contribution in [0.4, 0.5) is 0 Å². The second kappa shape index (κ2) is 6.43. The molecule has 3 rings (SSSR count). The summed E-state index contributed by atoms with van der Waals surface area (Å²) in [7, 11) is 3.66. The normalized spacial score (nSPS) is 17.1. The van der Waals surface area contributed by atoms with Crippen molar-refractivity contribution in [3.05, 3.63) is 29.1 Å². The van der Waals surface area contributed by atoms with Crippen LogP contribution in [0.2, 0.25) is 0 Å². The van der Waals surface area contributed by atoms with Crippen molar-refractivity contribution in [1.29, 1.82) is 0 Å². The van der Waals surface area contributed by atoms with Gasteiger partial charge >= 0.3 is 0 Å². The summed E-state index contributed by atoms with van der Waals surface area (Å²) < 4.78 is 7.10. The van der Waals surface area contributed by atoms with E-state index in [9.17, 15) is 0 Å². The first-order valence-corrected chi connectivity index (χ1v) is 8.30. The number of aryl methyl sites for hydroxylation is 1. The topological polar surface area (TPSA) is 39.4 Å². The van der Waals surface area contributed by atoms with Crippen LogP contribution in [0.15, 0.2) is 29.3 Å². The Morgan fingerprint density at radius 1 is 1.19 bits per heavy atom. The fourth-order valence-corrected chi connectivity index (χ4v) is 3.64. The van der Waals surface area contributed by atoms with Gasteiger partial charge in [0.1, 0.15) is 10.8 Å². The first kappa shape index (κ1) is 14.3. The summed E-state index contributed by atoms with van der Waals surface area (Å²) in [5, 5.41) is 5.61. The Bertz CT molecular complexity index is 651. The average molecular weight is 303 g/mol. The Hall–Kier alpha value is -1.62. The van der Waals surface area contributed by atoms with Crippen molar-refractivity contribution in [3.63, 3.8) is 0 Å². The van der Waals surface area contributed by atoms with E-state index in [4.69, 9.17) is 9.73 Å². The van der Waals surface area contributed by atoms with Crippen LogP contribution in [-0.2, 0) is 7.05 Å². The highest BCUT2D eigenvalue weighted by molar-refractivity contribution is 7.12. The quantitative estimate of drug-likeness (QED) is 0.872. The molecule has 1 aliphatic carbocycles. The highest BCUT2D eigenvalue weighted by Crippen LogP contribution is 2.23. The zero-order valence-corrected chi connectivity index (χ0v) is 13.4. The number of methoxy groups -OCH3 is 1. The molecule has 0 N–H and O–H groups in total. The predicted molar refractivity (Wildman–Crippen MR) is 85.5 cm³/mol. The van der Waals surface area contributed by atoms with Gasteiger partial charge in [0.15, 0.2) is 0 Å². The number of hydrogen-bond donors (Lipinski definition) is 0. The number of ether oxygens (including phenoxy) is 1. The minimum absolute atomic E-state index is 0.481. The van der Waals surface area contributed by atoms with Crippen molar-refractivity contribution in [2.45, 2.75) is 38.1 Å². The van der Waals surface area contributed by atoms with E-state index in [1.165, 1.54) is 32.1 Å². The fourth-order valence-electron chi connectivity index (χ4n) is 2.68. The molecule has 1 heterocycles. The van der Waals surface area contributed by atoms with E-state index in [2.05, 4.69) is 5.10 Å². The zero-order valence-electron chi connectivity index (χ0n) is 12.6. The van der Waals surface area contributed by atoms with Crippen LogP contribution in [0, 0.1) is 0 Å². The number of hydrogen-bond acceptors (Lipinski definition) is 4. The molecule has 1 saturated carbocycles. The smallest absolute Gasteiger partial charge is 0.203 e. The Morgan fingerprint density at radius 3 is 2.57 bits per heavy atom. The molecular weight excluding hydrogens is 282 g/mol. The van der Waals surface area contributed by atoms with Gasteiger partial charge in [-0.25, -0.2) is 4.68 Å². The summed E-state index contributed by atoms with van der Waals surface area (Å²) in [4.78, 5) is 5.91. The largest absolute Gasteiger partial charge is 0.497 e. The molecule has 1 aliphatic rings. The molecule has 0 bridgehead atoms. The third kappa shape index (κ3) is 3.35. The van der Waals surface area contributed by atoms with E-state index in [-0.39, 0.29) is 0 Å². The van der Waals surface area contributed by atoms with Gasteiger partial charge in [-0.3, -0.25) is 4.99 Å². The maximum Gasteiger partial charge on any atom is 0.203 e. The van der Waals surface area contributed by atoms with Crippen LogP contribution in [0.3, 0.4) is 0 Å². The number of nitrogens with zero attached hydrogens (tertiary/aromatic N) is 3. The third-order valence-corrected chi connectivity index (χ3v) is 4.97. The van der Waals surface area contributed by atoms with Crippen LogP contribution < -0.4 is 9.54 Å². The molecule has 4 nitrogen and oxygen atoms in total. The van der Waals surface area contributed by atoms with Gasteiger partial charge in [-0.05, 0) is 37.1 Å². The SMILES string of the molecule is COc1ccc(-c2nn(C)/c(=N/C3CCCCC3)s2)cc1. The molecule has 21 heavy (non-hydrogen) atoms. The molecule has 112 valence electrons. The zero-order chi connectivity index (χ0) is 14.7. The third-order valence-electron chi connectivity index (χ3n) is 3.91. The van der Waals surface area contributed by atoms with E-state index < -0.39 is 0 Å². The monoisotopic (exact) mass is 303 g/mol. The second-order valence-electron chi connectivity index (χ2n) is 5.46. The van der Waals surface area contributed by atoms with Gasteiger partial charge in [-0.1, -0.05) is 30.6 Å². The number of rotatable bonds is 3. The lowest BCUT2D eigenvalue weighted by molar-refractivity contribution is 0.415. The molecule has 0 saturated heterocycles. The van der Waals surface area contributed by atoms with Gasteiger partial charge in [-0.15, -0.1) is 0 Å². The minimum atomic E-state index is 0.481. The molecule has 0 atom stereocenters. The van der Waals surface area contributed by atoms with Gasteiger partial charge in [0, 0.05) is 12.6 Å². The van der Waals surface area contributed by atoms with E-state index >= 15 is 0 Å². The molecule has 2 aromatic rings. The Balaban J connectivity index is 1.87. The molecule has 0 radical (unpaired) electrons. The lowest BCUT2D eigenvalue weighted by atomic mass is 9.96. The molecular formula is C16H21N3OS.